The van der Waals surface area contributed by atoms with Crippen LogP contribution in [-0.2, 0) is 16.1 Å². The topological polar surface area (TPSA) is 55.6 Å². The summed E-state index contributed by atoms with van der Waals surface area (Å²) in [7, 11) is 1.41. The first-order valence-electron chi connectivity index (χ1n) is 6.50. The Morgan fingerprint density at radius 3 is 3.05 bits per heavy atom. The average Bonchev–Trinajstić information content (AvgIpc) is 3.08. The molecular weight excluding hydrogens is 276 g/mol. The lowest BCUT2D eigenvalue weighted by atomic mass is 10.3. The molecule has 2 heterocycles. The molecule has 0 aliphatic heterocycles. The van der Waals surface area contributed by atoms with E-state index in [1.165, 1.54) is 7.11 Å². The molecule has 0 radical (unpaired) electrons. The predicted molar refractivity (Wildman–Crippen MR) is 77.4 cm³/mol. The summed E-state index contributed by atoms with van der Waals surface area (Å²) < 4.78 is 10.0. The summed E-state index contributed by atoms with van der Waals surface area (Å²) in [5.74, 6) is 0.552. The van der Waals surface area contributed by atoms with Crippen LogP contribution in [-0.4, -0.2) is 36.1 Å². The minimum Gasteiger partial charge on any atom is -0.468 e. The highest BCUT2D eigenvalue weighted by Gasteiger charge is 2.13. The van der Waals surface area contributed by atoms with Crippen LogP contribution in [0, 0.1) is 0 Å². The summed E-state index contributed by atoms with van der Waals surface area (Å²) in [5.41, 5.74) is 0.943. The molecule has 0 N–H and O–H groups in total. The molecule has 0 unspecified atom stereocenters. The molecule has 0 aliphatic rings. The third-order valence-electron chi connectivity index (χ3n) is 2.79. The van der Waals surface area contributed by atoms with Gasteiger partial charge in [0.1, 0.15) is 0 Å². The maximum atomic E-state index is 11.4. The largest absolute Gasteiger partial charge is 0.468 e. The molecule has 2 rings (SSSR count). The van der Waals surface area contributed by atoms with E-state index in [0.29, 0.717) is 6.54 Å². The summed E-state index contributed by atoms with van der Waals surface area (Å²) in [6.45, 7) is 3.85. The number of carbonyl (C=O) groups is 1. The molecule has 2 aromatic rings. The summed E-state index contributed by atoms with van der Waals surface area (Å²) in [4.78, 5) is 18.0. The second kappa shape index (κ2) is 7.21. The molecule has 0 saturated carbocycles. The molecule has 6 heteroatoms. The second-order valence-electron chi connectivity index (χ2n) is 4.41. The highest BCUT2D eigenvalue weighted by atomic mass is 32.1. The van der Waals surface area contributed by atoms with E-state index in [2.05, 4.69) is 11.9 Å². The maximum Gasteiger partial charge on any atom is 0.319 e. The minimum atomic E-state index is -0.222. The Bertz CT molecular complexity index is 536. The number of rotatable bonds is 7. The molecule has 0 bridgehead atoms. The Morgan fingerprint density at radius 2 is 2.40 bits per heavy atom. The Kier molecular flexibility index (Phi) is 5.31. The molecule has 5 nitrogen and oxygen atoms in total. The molecule has 0 fully saturated rings. The molecule has 0 aliphatic carbocycles. The fourth-order valence-electron chi connectivity index (χ4n) is 1.90. The van der Waals surface area contributed by atoms with Crippen molar-refractivity contribution in [1.82, 2.24) is 9.88 Å². The number of hydrogen-bond acceptors (Lipinski definition) is 6. The van der Waals surface area contributed by atoms with Crippen molar-refractivity contribution in [3.05, 3.63) is 29.5 Å². The molecular formula is C14H18N2O3S. The zero-order valence-corrected chi connectivity index (χ0v) is 12.5. The molecule has 108 valence electrons. The maximum absolute atomic E-state index is 11.4. The van der Waals surface area contributed by atoms with Gasteiger partial charge in [-0.25, -0.2) is 4.98 Å². The first-order chi connectivity index (χ1) is 9.72. The van der Waals surface area contributed by atoms with Crippen molar-refractivity contribution < 1.29 is 13.9 Å². The fourth-order valence-corrected chi connectivity index (χ4v) is 2.68. The number of hydrogen-bond donors (Lipinski definition) is 0. The Morgan fingerprint density at radius 1 is 1.55 bits per heavy atom. The van der Waals surface area contributed by atoms with Crippen LogP contribution in [0.15, 0.2) is 28.2 Å². The summed E-state index contributed by atoms with van der Waals surface area (Å²) >= 11 is 1.54. The van der Waals surface area contributed by atoms with Gasteiger partial charge in [-0.15, -0.1) is 11.3 Å². The Balaban J connectivity index is 2.01. The van der Waals surface area contributed by atoms with E-state index in [9.17, 15) is 4.79 Å². The number of carbonyl (C=O) groups excluding carboxylic acids is 1. The summed E-state index contributed by atoms with van der Waals surface area (Å²) in [5, 5.41) is 2.86. The van der Waals surface area contributed by atoms with Gasteiger partial charge in [0.2, 0.25) is 0 Å². The average molecular weight is 294 g/mol. The summed E-state index contributed by atoms with van der Waals surface area (Å²) in [6, 6.07) is 3.73. The zero-order chi connectivity index (χ0) is 14.4. The van der Waals surface area contributed by atoms with Gasteiger partial charge in [-0.3, -0.25) is 9.69 Å². The number of nitrogens with zero attached hydrogens (tertiary/aromatic N) is 2. The van der Waals surface area contributed by atoms with E-state index in [-0.39, 0.29) is 12.5 Å². The van der Waals surface area contributed by atoms with Gasteiger partial charge in [-0.05, 0) is 25.1 Å². The van der Waals surface area contributed by atoms with Crippen molar-refractivity contribution in [3.63, 3.8) is 0 Å². The van der Waals surface area contributed by atoms with Crippen LogP contribution in [0.4, 0.5) is 0 Å². The smallest absolute Gasteiger partial charge is 0.319 e. The lowest BCUT2D eigenvalue weighted by Crippen LogP contribution is -2.31. The highest BCUT2D eigenvalue weighted by Crippen LogP contribution is 2.24. The first-order valence-corrected chi connectivity index (χ1v) is 7.38. The van der Waals surface area contributed by atoms with Crippen molar-refractivity contribution in [2.45, 2.75) is 19.9 Å². The third kappa shape index (κ3) is 3.91. The lowest BCUT2D eigenvalue weighted by Gasteiger charge is -2.18. The minimum absolute atomic E-state index is 0.222. The van der Waals surface area contributed by atoms with Gasteiger partial charge >= 0.3 is 5.97 Å². The van der Waals surface area contributed by atoms with Gasteiger partial charge in [0.25, 0.3) is 0 Å². The van der Waals surface area contributed by atoms with Crippen LogP contribution >= 0.6 is 11.3 Å². The fraction of sp³-hybridized carbons (Fsp3) is 0.429. The standard InChI is InChI=1S/C14H18N2O3S/c1-3-6-16(9-13(17)18-2)8-11-10-20-14(15-11)12-5-4-7-19-12/h4-5,7,10H,3,6,8-9H2,1-2H3. The number of thiazole rings is 1. The normalized spacial score (nSPS) is 10.9. The second-order valence-corrected chi connectivity index (χ2v) is 5.27. The van der Waals surface area contributed by atoms with Crippen LogP contribution in [0.5, 0.6) is 0 Å². The molecule has 0 atom stereocenters. The van der Waals surface area contributed by atoms with E-state index < -0.39 is 0 Å². The van der Waals surface area contributed by atoms with E-state index in [1.807, 2.05) is 22.4 Å². The van der Waals surface area contributed by atoms with E-state index >= 15 is 0 Å². The van der Waals surface area contributed by atoms with Gasteiger partial charge in [-0.1, -0.05) is 6.92 Å². The van der Waals surface area contributed by atoms with Gasteiger partial charge < -0.3 is 9.15 Å². The predicted octanol–water partition coefficient (Wildman–Crippen LogP) is 2.79. The highest BCUT2D eigenvalue weighted by molar-refractivity contribution is 7.13. The van der Waals surface area contributed by atoms with Crippen molar-refractivity contribution in [2.24, 2.45) is 0 Å². The van der Waals surface area contributed by atoms with Gasteiger partial charge in [-0.2, -0.15) is 0 Å². The number of esters is 1. The van der Waals surface area contributed by atoms with Crippen molar-refractivity contribution in [2.75, 3.05) is 20.2 Å². The van der Waals surface area contributed by atoms with Crippen LogP contribution in [0.1, 0.15) is 19.0 Å². The number of ether oxygens (including phenoxy) is 1. The summed E-state index contributed by atoms with van der Waals surface area (Å²) in [6.07, 6.45) is 2.61. The monoisotopic (exact) mass is 294 g/mol. The Labute approximate surface area is 122 Å². The molecule has 0 aromatic carbocycles. The van der Waals surface area contributed by atoms with Crippen LogP contribution in [0.2, 0.25) is 0 Å². The molecule has 0 amide bonds. The van der Waals surface area contributed by atoms with Crippen molar-refractivity contribution in [1.29, 1.82) is 0 Å². The van der Waals surface area contributed by atoms with Crippen LogP contribution in [0.3, 0.4) is 0 Å². The van der Waals surface area contributed by atoms with E-state index in [1.54, 1.807) is 17.6 Å². The van der Waals surface area contributed by atoms with Crippen LogP contribution in [0.25, 0.3) is 10.8 Å². The van der Waals surface area contributed by atoms with Crippen molar-refractivity contribution in [3.8, 4) is 10.8 Å². The van der Waals surface area contributed by atoms with E-state index in [0.717, 1.165) is 29.4 Å². The SMILES string of the molecule is CCCN(CC(=O)OC)Cc1csc(-c2ccco2)n1. The van der Waals surface area contributed by atoms with Gasteiger partial charge in [0.15, 0.2) is 10.8 Å². The van der Waals surface area contributed by atoms with Gasteiger partial charge in [0.05, 0.1) is 25.6 Å². The zero-order valence-electron chi connectivity index (χ0n) is 11.7. The van der Waals surface area contributed by atoms with Crippen molar-refractivity contribution >= 4 is 17.3 Å². The third-order valence-corrected chi connectivity index (χ3v) is 3.70. The van der Waals surface area contributed by atoms with Crippen LogP contribution < -0.4 is 0 Å². The molecule has 20 heavy (non-hydrogen) atoms. The van der Waals surface area contributed by atoms with E-state index in [4.69, 9.17) is 9.15 Å². The van der Waals surface area contributed by atoms with Gasteiger partial charge in [0, 0.05) is 11.9 Å². The number of aromatic nitrogens is 1. The molecule has 2 aromatic heterocycles. The Hall–Kier alpha value is -1.66. The first kappa shape index (κ1) is 14.7. The number of methoxy groups -OCH3 is 1. The quantitative estimate of drug-likeness (QED) is 0.735. The molecule has 0 spiro atoms. The molecule has 0 saturated heterocycles. The number of furan rings is 1. The lowest BCUT2D eigenvalue weighted by molar-refractivity contribution is -0.142.